The number of carboxylic acid groups (broad SMARTS) is 1. The number of aliphatic carboxylic acids is 1. The van der Waals surface area contributed by atoms with Crippen molar-refractivity contribution in [3.63, 3.8) is 0 Å². The third kappa shape index (κ3) is 5.25. The van der Waals surface area contributed by atoms with Gasteiger partial charge in [0.1, 0.15) is 0 Å². The van der Waals surface area contributed by atoms with Crippen molar-refractivity contribution in [3.05, 3.63) is 35.9 Å². The number of piperidine rings is 1. The molecule has 6 heteroatoms. The van der Waals surface area contributed by atoms with Gasteiger partial charge in [-0.05, 0) is 43.7 Å². The Kier molecular flexibility index (Phi) is 7.31. The fraction of sp³-hybridized carbons (Fsp3) is 0.636. The van der Waals surface area contributed by atoms with Crippen molar-refractivity contribution in [3.8, 4) is 0 Å². The molecule has 154 valence electrons. The van der Waals surface area contributed by atoms with E-state index in [0.717, 1.165) is 19.4 Å². The van der Waals surface area contributed by atoms with E-state index in [4.69, 9.17) is 5.11 Å². The number of hydrogen-bond donors (Lipinski definition) is 2. The molecule has 1 aliphatic carbocycles. The molecule has 2 fully saturated rings. The van der Waals surface area contributed by atoms with E-state index in [0.29, 0.717) is 19.0 Å². The van der Waals surface area contributed by atoms with Crippen LogP contribution in [-0.2, 0) is 4.79 Å². The van der Waals surface area contributed by atoms with E-state index in [1.807, 2.05) is 34.9 Å². The zero-order chi connectivity index (χ0) is 19.9. The number of nitrogens with one attached hydrogen (secondary N) is 1. The van der Waals surface area contributed by atoms with Crippen LogP contribution in [0.3, 0.4) is 0 Å². The van der Waals surface area contributed by atoms with Crippen molar-refractivity contribution in [2.75, 3.05) is 26.2 Å². The molecule has 0 radical (unpaired) electrons. The molecule has 2 aliphatic rings. The molecule has 2 amide bonds. The molecule has 1 aromatic rings. The SMILES string of the molecule is CCN(CC(=O)O)C1CCN(C(=O)NC(c2ccccc2)C2CCCC2)CC1. The number of carbonyl (C=O) groups excluding carboxylic acids is 1. The van der Waals surface area contributed by atoms with Crippen molar-refractivity contribution < 1.29 is 14.7 Å². The van der Waals surface area contributed by atoms with Gasteiger partial charge >= 0.3 is 12.0 Å². The first-order chi connectivity index (χ1) is 13.6. The van der Waals surface area contributed by atoms with Crippen molar-refractivity contribution in [2.45, 2.75) is 57.5 Å². The van der Waals surface area contributed by atoms with E-state index in [2.05, 4.69) is 17.4 Å². The molecule has 1 aliphatic heterocycles. The maximum absolute atomic E-state index is 13.0. The number of likely N-dealkylation sites (N-methyl/N-ethyl adjacent to an activating group) is 1. The summed E-state index contributed by atoms with van der Waals surface area (Å²) in [5.41, 5.74) is 1.19. The van der Waals surface area contributed by atoms with Crippen LogP contribution in [0.25, 0.3) is 0 Å². The normalized spacial score (nSPS) is 19.7. The molecule has 2 N–H and O–H groups in total. The molecular weight excluding hydrogens is 354 g/mol. The molecule has 1 saturated heterocycles. The average Bonchev–Trinajstić information content (AvgIpc) is 3.25. The van der Waals surface area contributed by atoms with Crippen LogP contribution in [0.15, 0.2) is 30.3 Å². The van der Waals surface area contributed by atoms with Gasteiger partial charge in [-0.2, -0.15) is 0 Å². The first-order valence-corrected chi connectivity index (χ1v) is 10.6. The van der Waals surface area contributed by atoms with Gasteiger partial charge in [-0.1, -0.05) is 50.1 Å². The molecule has 1 unspecified atom stereocenters. The predicted molar refractivity (Wildman–Crippen MR) is 109 cm³/mol. The minimum atomic E-state index is -0.788. The Morgan fingerprint density at radius 1 is 1.14 bits per heavy atom. The van der Waals surface area contributed by atoms with Crippen LogP contribution in [0.5, 0.6) is 0 Å². The number of amides is 2. The van der Waals surface area contributed by atoms with Crippen LogP contribution in [0.4, 0.5) is 4.79 Å². The lowest BCUT2D eigenvalue weighted by Gasteiger charge is -2.38. The van der Waals surface area contributed by atoms with E-state index in [1.54, 1.807) is 0 Å². The Labute approximate surface area is 167 Å². The highest BCUT2D eigenvalue weighted by Gasteiger charge is 2.31. The molecule has 0 aromatic heterocycles. The molecular formula is C22H33N3O3. The standard InChI is InChI=1S/C22H33N3O3/c1-2-24(16-20(26)27)19-12-14-25(15-13-19)22(28)23-21(18-10-6-7-11-18)17-8-4-3-5-9-17/h3-5,8-9,18-19,21H,2,6-7,10-16H2,1H3,(H,23,28)(H,26,27). The second-order valence-corrected chi connectivity index (χ2v) is 8.06. The molecule has 28 heavy (non-hydrogen) atoms. The lowest BCUT2D eigenvalue weighted by atomic mass is 9.91. The highest BCUT2D eigenvalue weighted by atomic mass is 16.4. The highest BCUT2D eigenvalue weighted by Crippen LogP contribution is 2.36. The third-order valence-electron chi connectivity index (χ3n) is 6.32. The summed E-state index contributed by atoms with van der Waals surface area (Å²) in [5, 5.41) is 12.4. The van der Waals surface area contributed by atoms with Gasteiger partial charge < -0.3 is 15.3 Å². The van der Waals surface area contributed by atoms with Crippen molar-refractivity contribution >= 4 is 12.0 Å². The number of carbonyl (C=O) groups is 2. The second-order valence-electron chi connectivity index (χ2n) is 8.06. The Hall–Kier alpha value is -2.08. The summed E-state index contributed by atoms with van der Waals surface area (Å²) in [6.07, 6.45) is 6.48. The van der Waals surface area contributed by atoms with E-state index in [9.17, 15) is 9.59 Å². The summed E-state index contributed by atoms with van der Waals surface area (Å²) in [4.78, 5) is 27.9. The fourth-order valence-corrected chi connectivity index (χ4v) is 4.76. The number of rotatable bonds is 7. The number of nitrogens with zero attached hydrogens (tertiary/aromatic N) is 2. The summed E-state index contributed by atoms with van der Waals surface area (Å²) >= 11 is 0. The molecule has 3 rings (SSSR count). The monoisotopic (exact) mass is 387 g/mol. The Balaban J connectivity index is 1.58. The van der Waals surface area contributed by atoms with Crippen LogP contribution < -0.4 is 5.32 Å². The number of carboxylic acids is 1. The summed E-state index contributed by atoms with van der Waals surface area (Å²) in [6, 6.07) is 10.6. The first-order valence-electron chi connectivity index (χ1n) is 10.6. The lowest BCUT2D eigenvalue weighted by Crippen LogP contribution is -2.51. The van der Waals surface area contributed by atoms with Crippen molar-refractivity contribution in [1.29, 1.82) is 0 Å². The molecule has 1 atom stereocenters. The van der Waals surface area contributed by atoms with Crippen LogP contribution in [0, 0.1) is 5.92 Å². The molecule has 1 heterocycles. The molecule has 1 saturated carbocycles. The Morgan fingerprint density at radius 2 is 1.79 bits per heavy atom. The average molecular weight is 388 g/mol. The molecule has 0 bridgehead atoms. The van der Waals surface area contributed by atoms with Crippen LogP contribution in [0.2, 0.25) is 0 Å². The summed E-state index contributed by atoms with van der Waals surface area (Å²) in [6.45, 7) is 4.15. The summed E-state index contributed by atoms with van der Waals surface area (Å²) in [5.74, 6) is -0.278. The third-order valence-corrected chi connectivity index (χ3v) is 6.32. The van der Waals surface area contributed by atoms with Crippen LogP contribution >= 0.6 is 0 Å². The van der Waals surface area contributed by atoms with Gasteiger partial charge in [0.05, 0.1) is 12.6 Å². The van der Waals surface area contributed by atoms with Gasteiger partial charge in [-0.15, -0.1) is 0 Å². The molecule has 0 spiro atoms. The number of urea groups is 1. The number of hydrogen-bond acceptors (Lipinski definition) is 3. The topological polar surface area (TPSA) is 72.9 Å². The van der Waals surface area contributed by atoms with Gasteiger partial charge in [0, 0.05) is 19.1 Å². The Bertz CT molecular complexity index is 638. The zero-order valence-corrected chi connectivity index (χ0v) is 16.8. The second kappa shape index (κ2) is 9.92. The van der Waals surface area contributed by atoms with Gasteiger partial charge in [0.25, 0.3) is 0 Å². The number of likely N-dealkylation sites (tertiary alicyclic amines) is 1. The van der Waals surface area contributed by atoms with E-state index < -0.39 is 5.97 Å². The minimum absolute atomic E-state index is 0.0143. The summed E-state index contributed by atoms with van der Waals surface area (Å²) < 4.78 is 0. The van der Waals surface area contributed by atoms with Crippen LogP contribution in [-0.4, -0.2) is 59.1 Å². The maximum Gasteiger partial charge on any atom is 0.317 e. The minimum Gasteiger partial charge on any atom is -0.480 e. The first kappa shape index (κ1) is 20.6. The lowest BCUT2D eigenvalue weighted by molar-refractivity contribution is -0.139. The fourth-order valence-electron chi connectivity index (χ4n) is 4.76. The molecule has 6 nitrogen and oxygen atoms in total. The predicted octanol–water partition coefficient (Wildman–Crippen LogP) is 3.50. The maximum atomic E-state index is 13.0. The molecule has 1 aromatic carbocycles. The summed E-state index contributed by atoms with van der Waals surface area (Å²) in [7, 11) is 0. The van der Waals surface area contributed by atoms with Crippen molar-refractivity contribution in [2.24, 2.45) is 5.92 Å². The van der Waals surface area contributed by atoms with Gasteiger partial charge in [-0.3, -0.25) is 9.69 Å². The van der Waals surface area contributed by atoms with Gasteiger partial charge in [0.2, 0.25) is 0 Å². The Morgan fingerprint density at radius 3 is 2.36 bits per heavy atom. The largest absolute Gasteiger partial charge is 0.480 e. The zero-order valence-electron chi connectivity index (χ0n) is 16.8. The van der Waals surface area contributed by atoms with E-state index in [1.165, 1.54) is 31.2 Å². The van der Waals surface area contributed by atoms with E-state index >= 15 is 0 Å². The number of benzene rings is 1. The van der Waals surface area contributed by atoms with Crippen LogP contribution in [0.1, 0.15) is 57.1 Å². The van der Waals surface area contributed by atoms with E-state index in [-0.39, 0.29) is 24.7 Å². The quantitative estimate of drug-likeness (QED) is 0.751. The van der Waals surface area contributed by atoms with Gasteiger partial charge in [-0.25, -0.2) is 4.79 Å². The highest BCUT2D eigenvalue weighted by molar-refractivity contribution is 5.75. The smallest absolute Gasteiger partial charge is 0.317 e. The van der Waals surface area contributed by atoms with Crippen molar-refractivity contribution in [1.82, 2.24) is 15.1 Å². The van der Waals surface area contributed by atoms with Gasteiger partial charge in [0.15, 0.2) is 0 Å².